The largest absolute Gasteiger partial charge is 0.351 e. The zero-order chi connectivity index (χ0) is 20.3. The molecule has 1 aliphatic heterocycles. The number of nitriles is 1. The van der Waals surface area contributed by atoms with Crippen molar-refractivity contribution in [1.82, 2.24) is 15.1 Å². The van der Waals surface area contributed by atoms with Gasteiger partial charge in [0.05, 0.1) is 5.69 Å². The Labute approximate surface area is 164 Å². The topological polar surface area (TPSA) is 56.1 Å². The fraction of sp³-hybridized carbons (Fsp3) is 0.476. The van der Waals surface area contributed by atoms with Gasteiger partial charge >= 0.3 is 0 Å². The van der Waals surface area contributed by atoms with E-state index in [0.717, 1.165) is 30.2 Å². The molecule has 0 aliphatic carbocycles. The van der Waals surface area contributed by atoms with E-state index in [1.165, 1.54) is 12.1 Å². The van der Waals surface area contributed by atoms with Crippen LogP contribution in [0.2, 0.25) is 0 Å². The van der Waals surface area contributed by atoms with Gasteiger partial charge in [-0.2, -0.15) is 10.4 Å². The molecule has 148 valence electrons. The third-order valence-electron chi connectivity index (χ3n) is 5.51. The Kier molecular flexibility index (Phi) is 6.20. The summed E-state index contributed by atoms with van der Waals surface area (Å²) in [5.74, 6) is -0.449. The van der Waals surface area contributed by atoms with Crippen LogP contribution in [0.4, 0.5) is 14.6 Å². The smallest absolute Gasteiger partial charge is 0.169 e. The molecular formula is C21H25F2N5. The van der Waals surface area contributed by atoms with Crippen molar-refractivity contribution in [1.29, 1.82) is 5.26 Å². The Morgan fingerprint density at radius 1 is 1.11 bits per heavy atom. The molecule has 2 aromatic rings. The molecule has 1 atom stereocenters. The molecule has 1 aromatic carbocycles. The van der Waals surface area contributed by atoms with E-state index in [1.54, 1.807) is 0 Å². The van der Waals surface area contributed by atoms with Crippen LogP contribution in [0.1, 0.15) is 49.2 Å². The van der Waals surface area contributed by atoms with Crippen LogP contribution in [-0.4, -0.2) is 41.3 Å². The normalized spacial score (nSPS) is 16.1. The number of piperazine rings is 1. The number of hydrogen-bond donors (Lipinski definition) is 0. The molecule has 7 heteroatoms. The predicted molar refractivity (Wildman–Crippen MR) is 104 cm³/mol. The van der Waals surface area contributed by atoms with Gasteiger partial charge in [0.2, 0.25) is 0 Å². The van der Waals surface area contributed by atoms with Gasteiger partial charge in [-0.25, -0.2) is 8.78 Å². The standard InChI is InChI=1S/C21H25F2N5/c1-4-16-18(13-24)21(26-25-20(16)5-2)28-10-8-27(9-11-28)14(3)17-7-6-15(22)12-19(17)23/h6-7,12,14H,4-5,8-11H2,1-3H3. The molecule has 1 aromatic heterocycles. The molecule has 1 aliphatic rings. The molecule has 28 heavy (non-hydrogen) atoms. The van der Waals surface area contributed by atoms with Gasteiger partial charge < -0.3 is 4.90 Å². The number of rotatable bonds is 5. The summed E-state index contributed by atoms with van der Waals surface area (Å²) in [6, 6.07) is 5.90. The molecule has 1 saturated heterocycles. The lowest BCUT2D eigenvalue weighted by molar-refractivity contribution is 0.194. The summed E-state index contributed by atoms with van der Waals surface area (Å²) in [6.45, 7) is 8.70. The molecule has 0 bridgehead atoms. The highest BCUT2D eigenvalue weighted by Crippen LogP contribution is 2.28. The minimum Gasteiger partial charge on any atom is -0.351 e. The fourth-order valence-electron chi connectivity index (χ4n) is 3.86. The lowest BCUT2D eigenvalue weighted by atomic mass is 10.0. The second kappa shape index (κ2) is 8.61. The van der Waals surface area contributed by atoms with Crippen LogP contribution in [0.25, 0.3) is 0 Å². The van der Waals surface area contributed by atoms with Crippen molar-refractivity contribution in [2.45, 2.75) is 39.7 Å². The van der Waals surface area contributed by atoms with E-state index in [2.05, 4.69) is 26.1 Å². The molecule has 3 rings (SSSR count). The van der Waals surface area contributed by atoms with Crippen LogP contribution < -0.4 is 4.90 Å². The maximum absolute atomic E-state index is 14.1. The number of benzene rings is 1. The number of nitrogens with zero attached hydrogens (tertiary/aromatic N) is 5. The van der Waals surface area contributed by atoms with Gasteiger partial charge in [-0.15, -0.1) is 5.10 Å². The fourth-order valence-corrected chi connectivity index (χ4v) is 3.86. The van der Waals surface area contributed by atoms with E-state index in [4.69, 9.17) is 0 Å². The zero-order valence-corrected chi connectivity index (χ0v) is 16.5. The molecule has 1 fully saturated rings. The number of hydrogen-bond acceptors (Lipinski definition) is 5. The second-order valence-corrected chi connectivity index (χ2v) is 7.01. The first-order valence-corrected chi connectivity index (χ1v) is 9.72. The highest BCUT2D eigenvalue weighted by Gasteiger charge is 2.27. The lowest BCUT2D eigenvalue weighted by Crippen LogP contribution is -2.48. The van der Waals surface area contributed by atoms with E-state index in [9.17, 15) is 14.0 Å². The van der Waals surface area contributed by atoms with Gasteiger partial charge in [0.25, 0.3) is 0 Å². The lowest BCUT2D eigenvalue weighted by Gasteiger charge is -2.39. The van der Waals surface area contributed by atoms with Crippen molar-refractivity contribution in [2.24, 2.45) is 0 Å². The number of aromatic nitrogens is 2. The van der Waals surface area contributed by atoms with Crippen LogP contribution in [-0.2, 0) is 12.8 Å². The summed E-state index contributed by atoms with van der Waals surface area (Å²) >= 11 is 0. The molecular weight excluding hydrogens is 360 g/mol. The van der Waals surface area contributed by atoms with E-state index in [0.29, 0.717) is 43.1 Å². The maximum Gasteiger partial charge on any atom is 0.169 e. The summed E-state index contributed by atoms with van der Waals surface area (Å²) < 4.78 is 27.3. The van der Waals surface area contributed by atoms with Crippen LogP contribution >= 0.6 is 0 Å². The first kappa shape index (κ1) is 20.2. The van der Waals surface area contributed by atoms with Gasteiger partial charge in [-0.3, -0.25) is 4.90 Å². The highest BCUT2D eigenvalue weighted by molar-refractivity contribution is 5.58. The number of aryl methyl sites for hydroxylation is 1. The van der Waals surface area contributed by atoms with Crippen LogP contribution in [0, 0.1) is 23.0 Å². The van der Waals surface area contributed by atoms with E-state index in [-0.39, 0.29) is 6.04 Å². The van der Waals surface area contributed by atoms with E-state index < -0.39 is 11.6 Å². The average molecular weight is 385 g/mol. The Bertz CT molecular complexity index is 885. The molecule has 1 unspecified atom stereocenters. The van der Waals surface area contributed by atoms with E-state index >= 15 is 0 Å². The Balaban J connectivity index is 1.76. The van der Waals surface area contributed by atoms with Crippen molar-refractivity contribution in [3.05, 3.63) is 52.2 Å². The molecule has 0 spiro atoms. The van der Waals surface area contributed by atoms with Crippen molar-refractivity contribution < 1.29 is 8.78 Å². The first-order chi connectivity index (χ1) is 13.5. The van der Waals surface area contributed by atoms with E-state index in [1.807, 2.05) is 20.8 Å². The van der Waals surface area contributed by atoms with Crippen LogP contribution in [0.5, 0.6) is 0 Å². The van der Waals surface area contributed by atoms with Crippen LogP contribution in [0.3, 0.4) is 0 Å². The Morgan fingerprint density at radius 3 is 2.39 bits per heavy atom. The summed E-state index contributed by atoms with van der Waals surface area (Å²) in [5.41, 5.74) is 2.95. The van der Waals surface area contributed by atoms with Crippen molar-refractivity contribution in [2.75, 3.05) is 31.1 Å². The molecule has 0 saturated carbocycles. The summed E-state index contributed by atoms with van der Waals surface area (Å²) in [5, 5.41) is 18.4. The van der Waals surface area contributed by atoms with Crippen LogP contribution in [0.15, 0.2) is 18.2 Å². The van der Waals surface area contributed by atoms with Crippen molar-refractivity contribution >= 4 is 5.82 Å². The summed E-state index contributed by atoms with van der Waals surface area (Å²) in [6.07, 6.45) is 1.50. The highest BCUT2D eigenvalue weighted by atomic mass is 19.1. The monoisotopic (exact) mass is 385 g/mol. The summed E-state index contributed by atoms with van der Waals surface area (Å²) in [7, 11) is 0. The maximum atomic E-state index is 14.1. The Hall–Kier alpha value is -2.59. The number of halogens is 2. The average Bonchev–Trinajstić information content (AvgIpc) is 2.72. The van der Waals surface area contributed by atoms with Gasteiger partial charge in [0.15, 0.2) is 5.82 Å². The third-order valence-corrected chi connectivity index (χ3v) is 5.51. The van der Waals surface area contributed by atoms with Crippen molar-refractivity contribution in [3.8, 4) is 6.07 Å². The number of anilines is 1. The zero-order valence-electron chi connectivity index (χ0n) is 16.5. The Morgan fingerprint density at radius 2 is 1.82 bits per heavy atom. The third kappa shape index (κ3) is 3.83. The molecule has 2 heterocycles. The molecule has 0 radical (unpaired) electrons. The quantitative estimate of drug-likeness (QED) is 0.787. The van der Waals surface area contributed by atoms with Gasteiger partial charge in [0, 0.05) is 43.9 Å². The summed E-state index contributed by atoms with van der Waals surface area (Å²) in [4.78, 5) is 4.24. The first-order valence-electron chi connectivity index (χ1n) is 9.72. The second-order valence-electron chi connectivity index (χ2n) is 7.01. The molecule has 0 N–H and O–H groups in total. The van der Waals surface area contributed by atoms with Gasteiger partial charge in [-0.1, -0.05) is 19.9 Å². The van der Waals surface area contributed by atoms with Gasteiger partial charge in [0.1, 0.15) is 23.3 Å². The SMILES string of the molecule is CCc1nnc(N2CCN(C(C)c3ccc(F)cc3F)CC2)c(C#N)c1CC. The molecule has 5 nitrogen and oxygen atoms in total. The van der Waals surface area contributed by atoms with Crippen molar-refractivity contribution in [3.63, 3.8) is 0 Å². The predicted octanol–water partition coefficient (Wildman–Crippen LogP) is 3.63. The molecule has 0 amide bonds. The minimum absolute atomic E-state index is 0.155. The minimum atomic E-state index is -0.567. The van der Waals surface area contributed by atoms with Gasteiger partial charge in [-0.05, 0) is 31.4 Å².